The molecule has 3 unspecified atom stereocenters. The number of halogens is 2. The standard InChI is InChI=1S/C14H14Cl2O4/c1-7(20-2)14(13(18)19)6-9(14)12(17)8-3-4-10(15)11(16)5-8/h3-5,7,9H,6H2,1-2H3,(H,18,19). The van der Waals surface area contributed by atoms with Gasteiger partial charge in [0.15, 0.2) is 5.78 Å². The van der Waals surface area contributed by atoms with Crippen LogP contribution in [0.4, 0.5) is 0 Å². The van der Waals surface area contributed by atoms with Gasteiger partial charge in [-0.25, -0.2) is 0 Å². The van der Waals surface area contributed by atoms with Crippen LogP contribution in [-0.4, -0.2) is 30.1 Å². The van der Waals surface area contributed by atoms with Gasteiger partial charge in [0.1, 0.15) is 5.41 Å². The van der Waals surface area contributed by atoms with Crippen molar-refractivity contribution >= 4 is 35.0 Å². The van der Waals surface area contributed by atoms with E-state index in [4.69, 9.17) is 27.9 Å². The predicted molar refractivity (Wildman–Crippen MR) is 75.4 cm³/mol. The van der Waals surface area contributed by atoms with Crippen molar-refractivity contribution in [3.63, 3.8) is 0 Å². The van der Waals surface area contributed by atoms with Crippen LogP contribution < -0.4 is 0 Å². The molecule has 1 saturated carbocycles. The van der Waals surface area contributed by atoms with Gasteiger partial charge >= 0.3 is 5.97 Å². The molecule has 0 saturated heterocycles. The number of rotatable bonds is 5. The monoisotopic (exact) mass is 316 g/mol. The normalized spacial score (nSPS) is 26.1. The van der Waals surface area contributed by atoms with E-state index in [1.165, 1.54) is 19.2 Å². The molecular weight excluding hydrogens is 303 g/mol. The third-order valence-corrected chi connectivity index (χ3v) is 4.74. The third kappa shape index (κ3) is 2.32. The molecule has 20 heavy (non-hydrogen) atoms. The van der Waals surface area contributed by atoms with Gasteiger partial charge in [0, 0.05) is 18.6 Å². The first-order valence-electron chi connectivity index (χ1n) is 6.10. The lowest BCUT2D eigenvalue weighted by molar-refractivity contribution is -0.149. The van der Waals surface area contributed by atoms with Gasteiger partial charge in [0.2, 0.25) is 0 Å². The smallest absolute Gasteiger partial charge is 0.313 e. The number of Topliss-reactive ketones (excluding diaryl/α,β-unsaturated/α-hetero) is 1. The summed E-state index contributed by atoms with van der Waals surface area (Å²) in [5, 5.41) is 10.0. The van der Waals surface area contributed by atoms with Gasteiger partial charge < -0.3 is 9.84 Å². The van der Waals surface area contributed by atoms with Crippen molar-refractivity contribution in [1.29, 1.82) is 0 Å². The number of methoxy groups -OCH3 is 1. The summed E-state index contributed by atoms with van der Waals surface area (Å²) in [4.78, 5) is 23.9. The van der Waals surface area contributed by atoms with E-state index in [2.05, 4.69) is 0 Å². The van der Waals surface area contributed by atoms with Crippen molar-refractivity contribution in [3.8, 4) is 0 Å². The minimum absolute atomic E-state index is 0.241. The fraction of sp³-hybridized carbons (Fsp3) is 0.429. The van der Waals surface area contributed by atoms with E-state index in [1.807, 2.05) is 0 Å². The van der Waals surface area contributed by atoms with Crippen molar-refractivity contribution in [2.24, 2.45) is 11.3 Å². The van der Waals surface area contributed by atoms with Crippen molar-refractivity contribution in [2.75, 3.05) is 7.11 Å². The Balaban J connectivity index is 2.27. The molecule has 0 aliphatic heterocycles. The van der Waals surface area contributed by atoms with Crippen LogP contribution in [0.1, 0.15) is 23.7 Å². The molecule has 0 aromatic heterocycles. The molecule has 0 amide bonds. The third-order valence-electron chi connectivity index (χ3n) is 4.00. The zero-order valence-electron chi connectivity index (χ0n) is 11.0. The minimum Gasteiger partial charge on any atom is -0.481 e. The Kier molecular flexibility index (Phi) is 4.09. The highest BCUT2D eigenvalue weighted by molar-refractivity contribution is 6.42. The Morgan fingerprint density at radius 1 is 1.40 bits per heavy atom. The Bertz CT molecular complexity index is 572. The van der Waals surface area contributed by atoms with Crippen LogP contribution in [0.3, 0.4) is 0 Å². The molecule has 0 radical (unpaired) electrons. The molecule has 1 fully saturated rings. The summed E-state index contributed by atoms with van der Waals surface area (Å²) in [6.45, 7) is 1.66. The summed E-state index contributed by atoms with van der Waals surface area (Å²) in [5.74, 6) is -1.84. The Morgan fingerprint density at radius 2 is 2.05 bits per heavy atom. The molecule has 108 valence electrons. The van der Waals surface area contributed by atoms with Crippen molar-refractivity contribution in [1.82, 2.24) is 0 Å². The molecule has 1 aromatic rings. The van der Waals surface area contributed by atoms with E-state index in [1.54, 1.807) is 13.0 Å². The van der Waals surface area contributed by atoms with Crippen LogP contribution in [0.25, 0.3) is 0 Å². The highest BCUT2D eigenvalue weighted by Gasteiger charge is 2.67. The van der Waals surface area contributed by atoms with Crippen molar-refractivity contribution < 1.29 is 19.4 Å². The van der Waals surface area contributed by atoms with Crippen LogP contribution in [0.15, 0.2) is 18.2 Å². The maximum absolute atomic E-state index is 12.4. The Labute approximate surface area is 126 Å². The van der Waals surface area contributed by atoms with Gasteiger partial charge in [-0.2, -0.15) is 0 Å². The van der Waals surface area contributed by atoms with E-state index < -0.39 is 23.4 Å². The second-order valence-electron chi connectivity index (χ2n) is 4.97. The molecular formula is C14H14Cl2O4. The number of carbonyl (C=O) groups excluding carboxylic acids is 1. The predicted octanol–water partition coefficient (Wildman–Crippen LogP) is 3.30. The summed E-state index contributed by atoms with van der Waals surface area (Å²) in [6.07, 6.45) is -0.257. The zero-order valence-corrected chi connectivity index (χ0v) is 12.5. The number of ketones is 1. The van der Waals surface area contributed by atoms with Gasteiger partial charge in [-0.05, 0) is 31.5 Å². The molecule has 1 aliphatic carbocycles. The van der Waals surface area contributed by atoms with E-state index in [9.17, 15) is 14.7 Å². The summed E-state index contributed by atoms with van der Waals surface area (Å²) < 4.78 is 5.12. The zero-order chi connectivity index (χ0) is 15.1. The molecule has 6 heteroatoms. The Morgan fingerprint density at radius 3 is 2.55 bits per heavy atom. The van der Waals surface area contributed by atoms with Crippen molar-refractivity contribution in [3.05, 3.63) is 33.8 Å². The van der Waals surface area contributed by atoms with Crippen LogP contribution >= 0.6 is 23.2 Å². The van der Waals surface area contributed by atoms with Crippen LogP contribution in [0.5, 0.6) is 0 Å². The van der Waals surface area contributed by atoms with Crippen LogP contribution in [0.2, 0.25) is 10.0 Å². The first-order valence-corrected chi connectivity index (χ1v) is 6.85. The number of aliphatic carboxylic acids is 1. The average molecular weight is 317 g/mol. The van der Waals surface area contributed by atoms with E-state index in [0.29, 0.717) is 10.6 Å². The summed E-state index contributed by atoms with van der Waals surface area (Å²) in [6, 6.07) is 4.55. The lowest BCUT2D eigenvalue weighted by Gasteiger charge is -2.19. The highest BCUT2D eigenvalue weighted by Crippen LogP contribution is 2.57. The number of carboxylic acid groups (broad SMARTS) is 1. The second-order valence-corrected chi connectivity index (χ2v) is 5.79. The molecule has 3 atom stereocenters. The largest absolute Gasteiger partial charge is 0.481 e. The molecule has 2 rings (SSSR count). The number of carboxylic acids is 1. The highest BCUT2D eigenvalue weighted by atomic mass is 35.5. The number of ether oxygens (including phenoxy) is 1. The molecule has 0 bridgehead atoms. The quantitative estimate of drug-likeness (QED) is 0.846. The van der Waals surface area contributed by atoms with E-state index >= 15 is 0 Å². The van der Waals surface area contributed by atoms with Crippen LogP contribution in [0, 0.1) is 11.3 Å². The summed E-state index contributed by atoms with van der Waals surface area (Å²) >= 11 is 11.7. The average Bonchev–Trinajstić information content (AvgIpc) is 3.17. The van der Waals surface area contributed by atoms with E-state index in [-0.39, 0.29) is 17.2 Å². The molecule has 4 nitrogen and oxygen atoms in total. The van der Waals surface area contributed by atoms with E-state index in [0.717, 1.165) is 0 Å². The summed E-state index contributed by atoms with van der Waals surface area (Å²) in [5.41, 5.74) is -0.770. The van der Waals surface area contributed by atoms with Crippen LogP contribution in [-0.2, 0) is 9.53 Å². The summed E-state index contributed by atoms with van der Waals surface area (Å²) in [7, 11) is 1.44. The maximum Gasteiger partial charge on any atom is 0.313 e. The minimum atomic E-state index is -1.14. The first kappa shape index (κ1) is 15.3. The van der Waals surface area contributed by atoms with Gasteiger partial charge in [0.25, 0.3) is 0 Å². The molecule has 1 aliphatic rings. The molecule has 0 heterocycles. The maximum atomic E-state index is 12.4. The fourth-order valence-electron chi connectivity index (χ4n) is 2.53. The lowest BCUT2D eigenvalue weighted by Crippen LogP contribution is -2.33. The topological polar surface area (TPSA) is 63.6 Å². The van der Waals surface area contributed by atoms with Gasteiger partial charge in [0.05, 0.1) is 16.1 Å². The lowest BCUT2D eigenvalue weighted by atomic mass is 9.93. The Hall–Kier alpha value is -1.10. The first-order chi connectivity index (χ1) is 9.34. The van der Waals surface area contributed by atoms with Crippen molar-refractivity contribution in [2.45, 2.75) is 19.4 Å². The SMILES string of the molecule is COC(C)C1(C(=O)O)CC1C(=O)c1ccc(Cl)c(Cl)c1. The number of hydrogen-bond donors (Lipinski definition) is 1. The number of benzene rings is 1. The molecule has 0 spiro atoms. The van der Waals surface area contributed by atoms with Gasteiger partial charge in [-0.3, -0.25) is 9.59 Å². The molecule has 1 aromatic carbocycles. The number of hydrogen-bond acceptors (Lipinski definition) is 3. The number of carbonyl (C=O) groups is 2. The molecule has 1 N–H and O–H groups in total. The second kappa shape index (κ2) is 5.35. The van der Waals surface area contributed by atoms with Gasteiger partial charge in [-0.1, -0.05) is 23.2 Å². The fourth-order valence-corrected chi connectivity index (χ4v) is 2.82. The van der Waals surface area contributed by atoms with Gasteiger partial charge in [-0.15, -0.1) is 0 Å².